The SMILES string of the molecule is CCNCc1csc(S(=O)(=O)NCCc2cccs2)c1. The molecule has 0 aliphatic rings. The van der Waals surface area contributed by atoms with Crippen LogP contribution in [-0.4, -0.2) is 21.5 Å². The summed E-state index contributed by atoms with van der Waals surface area (Å²) < 4.78 is 27.3. The lowest BCUT2D eigenvalue weighted by Gasteiger charge is -2.03. The maximum atomic E-state index is 12.1. The fourth-order valence-electron chi connectivity index (χ4n) is 1.69. The van der Waals surface area contributed by atoms with Crippen LogP contribution in [0.1, 0.15) is 17.4 Å². The number of thiophene rings is 2. The fraction of sp³-hybridized carbons (Fsp3) is 0.385. The van der Waals surface area contributed by atoms with E-state index in [4.69, 9.17) is 0 Å². The summed E-state index contributed by atoms with van der Waals surface area (Å²) >= 11 is 2.91. The second-order valence-corrected chi connectivity index (χ2v) is 8.22. The van der Waals surface area contributed by atoms with Gasteiger partial charge in [-0.25, -0.2) is 13.1 Å². The van der Waals surface area contributed by atoms with E-state index in [1.165, 1.54) is 16.2 Å². The van der Waals surface area contributed by atoms with Gasteiger partial charge in [-0.2, -0.15) is 0 Å². The fourth-order valence-corrected chi connectivity index (χ4v) is 4.69. The molecule has 0 bridgehead atoms. The van der Waals surface area contributed by atoms with Crippen LogP contribution in [0.2, 0.25) is 0 Å². The van der Waals surface area contributed by atoms with E-state index in [1.807, 2.05) is 29.8 Å². The minimum Gasteiger partial charge on any atom is -0.313 e. The van der Waals surface area contributed by atoms with Gasteiger partial charge in [0.05, 0.1) is 0 Å². The second kappa shape index (κ2) is 7.33. The zero-order valence-corrected chi connectivity index (χ0v) is 13.7. The van der Waals surface area contributed by atoms with Gasteiger partial charge in [0.15, 0.2) is 0 Å². The highest BCUT2D eigenvalue weighted by molar-refractivity contribution is 7.91. The van der Waals surface area contributed by atoms with Gasteiger partial charge in [-0.15, -0.1) is 22.7 Å². The Labute approximate surface area is 127 Å². The Bertz CT molecular complexity index is 618. The molecule has 2 rings (SSSR count). The molecule has 110 valence electrons. The number of hydrogen-bond acceptors (Lipinski definition) is 5. The van der Waals surface area contributed by atoms with Crippen molar-refractivity contribution < 1.29 is 8.42 Å². The predicted octanol–water partition coefficient (Wildman–Crippen LogP) is 2.44. The van der Waals surface area contributed by atoms with Gasteiger partial charge in [0.25, 0.3) is 0 Å². The van der Waals surface area contributed by atoms with Crippen LogP contribution >= 0.6 is 22.7 Å². The Hall–Kier alpha value is -0.730. The molecule has 0 fully saturated rings. The highest BCUT2D eigenvalue weighted by atomic mass is 32.2. The van der Waals surface area contributed by atoms with Crippen LogP contribution in [0.3, 0.4) is 0 Å². The van der Waals surface area contributed by atoms with Gasteiger partial charge in [-0.05, 0) is 41.4 Å². The Morgan fingerprint density at radius 1 is 1.30 bits per heavy atom. The van der Waals surface area contributed by atoms with Crippen molar-refractivity contribution in [3.63, 3.8) is 0 Å². The summed E-state index contributed by atoms with van der Waals surface area (Å²) in [5.74, 6) is 0. The summed E-state index contributed by atoms with van der Waals surface area (Å²) in [6.45, 7) is 4.04. The van der Waals surface area contributed by atoms with Crippen molar-refractivity contribution >= 4 is 32.7 Å². The third kappa shape index (κ3) is 4.39. The van der Waals surface area contributed by atoms with Crippen LogP contribution in [0.15, 0.2) is 33.2 Å². The first kappa shape index (κ1) is 15.7. The van der Waals surface area contributed by atoms with Crippen LogP contribution < -0.4 is 10.0 Å². The second-order valence-electron chi connectivity index (χ2n) is 4.28. The van der Waals surface area contributed by atoms with E-state index in [9.17, 15) is 8.42 Å². The lowest BCUT2D eigenvalue weighted by molar-refractivity contribution is 0.584. The topological polar surface area (TPSA) is 58.2 Å². The summed E-state index contributed by atoms with van der Waals surface area (Å²) in [6.07, 6.45) is 0.729. The standard InChI is InChI=1S/C13H18N2O2S3/c1-2-14-9-11-8-13(19-10-11)20(16,17)15-6-5-12-4-3-7-18-12/h3-4,7-8,10,14-15H,2,5-6,9H2,1H3. The number of hydrogen-bond donors (Lipinski definition) is 2. The molecular weight excluding hydrogens is 312 g/mol. The molecular formula is C13H18N2O2S3. The summed E-state index contributed by atoms with van der Waals surface area (Å²) in [5.41, 5.74) is 1.01. The van der Waals surface area contributed by atoms with E-state index in [-0.39, 0.29) is 0 Å². The molecule has 2 aromatic heterocycles. The van der Waals surface area contributed by atoms with E-state index < -0.39 is 10.0 Å². The summed E-state index contributed by atoms with van der Waals surface area (Å²) in [6, 6.07) is 5.72. The Balaban J connectivity index is 1.90. The summed E-state index contributed by atoms with van der Waals surface area (Å²) in [5, 5.41) is 7.07. The van der Waals surface area contributed by atoms with Crippen LogP contribution in [0.25, 0.3) is 0 Å². The van der Waals surface area contributed by atoms with E-state index in [2.05, 4.69) is 10.0 Å². The molecule has 7 heteroatoms. The Morgan fingerprint density at radius 2 is 2.15 bits per heavy atom. The molecule has 0 radical (unpaired) electrons. The number of rotatable bonds is 8. The monoisotopic (exact) mass is 330 g/mol. The molecule has 0 unspecified atom stereocenters. The average molecular weight is 330 g/mol. The van der Waals surface area contributed by atoms with E-state index in [1.54, 1.807) is 17.4 Å². The zero-order valence-electron chi connectivity index (χ0n) is 11.3. The van der Waals surface area contributed by atoms with Crippen molar-refractivity contribution in [2.75, 3.05) is 13.1 Å². The largest absolute Gasteiger partial charge is 0.313 e. The molecule has 4 nitrogen and oxygen atoms in total. The molecule has 2 aromatic rings. The normalized spacial score (nSPS) is 11.8. The highest BCUT2D eigenvalue weighted by Gasteiger charge is 2.16. The van der Waals surface area contributed by atoms with Gasteiger partial charge in [0.1, 0.15) is 4.21 Å². The van der Waals surface area contributed by atoms with Crippen LogP contribution in [-0.2, 0) is 23.0 Å². The molecule has 0 saturated carbocycles. The molecule has 0 aromatic carbocycles. The molecule has 0 aliphatic carbocycles. The summed E-state index contributed by atoms with van der Waals surface area (Å²) in [7, 11) is -3.37. The molecule has 0 aliphatic heterocycles. The molecule has 20 heavy (non-hydrogen) atoms. The minimum atomic E-state index is -3.37. The lowest BCUT2D eigenvalue weighted by Crippen LogP contribution is -2.25. The third-order valence-electron chi connectivity index (χ3n) is 2.72. The van der Waals surface area contributed by atoms with Crippen LogP contribution in [0.4, 0.5) is 0 Å². The Kier molecular flexibility index (Phi) is 5.74. The molecule has 2 N–H and O–H groups in total. The molecule has 0 amide bonds. The van der Waals surface area contributed by atoms with Crippen molar-refractivity contribution in [1.82, 2.24) is 10.0 Å². The predicted molar refractivity (Wildman–Crippen MR) is 84.9 cm³/mol. The van der Waals surface area contributed by atoms with Crippen molar-refractivity contribution in [1.29, 1.82) is 0 Å². The van der Waals surface area contributed by atoms with Crippen molar-refractivity contribution in [2.24, 2.45) is 0 Å². The molecule has 0 saturated heterocycles. The Morgan fingerprint density at radius 3 is 2.85 bits per heavy atom. The van der Waals surface area contributed by atoms with Gasteiger partial charge in [-0.3, -0.25) is 0 Å². The molecule has 0 spiro atoms. The lowest BCUT2D eigenvalue weighted by atomic mass is 10.3. The van der Waals surface area contributed by atoms with Gasteiger partial charge >= 0.3 is 0 Å². The van der Waals surface area contributed by atoms with Crippen LogP contribution in [0, 0.1) is 0 Å². The third-order valence-corrected chi connectivity index (χ3v) is 6.60. The van der Waals surface area contributed by atoms with Crippen molar-refractivity contribution in [3.8, 4) is 0 Å². The number of sulfonamides is 1. The zero-order chi connectivity index (χ0) is 14.4. The minimum absolute atomic E-state index is 0.386. The number of nitrogens with one attached hydrogen (secondary N) is 2. The average Bonchev–Trinajstić information content (AvgIpc) is 3.07. The van der Waals surface area contributed by atoms with E-state index >= 15 is 0 Å². The summed E-state index contributed by atoms with van der Waals surface area (Å²) in [4.78, 5) is 1.19. The van der Waals surface area contributed by atoms with Gasteiger partial charge < -0.3 is 5.32 Å². The first-order chi connectivity index (χ1) is 9.62. The van der Waals surface area contributed by atoms with Crippen molar-refractivity contribution in [2.45, 2.75) is 24.1 Å². The van der Waals surface area contributed by atoms with Gasteiger partial charge in [-0.1, -0.05) is 13.0 Å². The molecule has 0 atom stereocenters. The maximum absolute atomic E-state index is 12.1. The highest BCUT2D eigenvalue weighted by Crippen LogP contribution is 2.20. The van der Waals surface area contributed by atoms with Crippen LogP contribution in [0.5, 0.6) is 0 Å². The first-order valence-corrected chi connectivity index (χ1v) is 9.66. The quantitative estimate of drug-likeness (QED) is 0.781. The maximum Gasteiger partial charge on any atom is 0.250 e. The smallest absolute Gasteiger partial charge is 0.250 e. The van der Waals surface area contributed by atoms with E-state index in [0.717, 1.165) is 18.5 Å². The first-order valence-electron chi connectivity index (χ1n) is 6.42. The van der Waals surface area contributed by atoms with Gasteiger partial charge in [0.2, 0.25) is 10.0 Å². The van der Waals surface area contributed by atoms with Gasteiger partial charge in [0, 0.05) is 18.0 Å². The molecule has 2 heterocycles. The van der Waals surface area contributed by atoms with E-state index in [0.29, 0.717) is 17.3 Å². The van der Waals surface area contributed by atoms with Crippen molar-refractivity contribution in [3.05, 3.63) is 39.4 Å².